The zero-order valence-electron chi connectivity index (χ0n) is 12.0. The van der Waals surface area contributed by atoms with E-state index in [0.717, 1.165) is 44.1 Å². The zero-order chi connectivity index (χ0) is 14.2. The molecule has 20 heavy (non-hydrogen) atoms. The molecule has 2 aliphatic rings. The fraction of sp³-hybridized carbons (Fsp3) is 0.786. The van der Waals surface area contributed by atoms with Crippen LogP contribution < -0.4 is 0 Å². The molecular weight excluding hydrogens is 256 g/mol. The number of likely N-dealkylation sites (tertiary alicyclic amines) is 1. The maximum atomic E-state index is 11.5. The second-order valence-corrected chi connectivity index (χ2v) is 6.04. The molecule has 0 radical (unpaired) electrons. The van der Waals surface area contributed by atoms with E-state index in [0.29, 0.717) is 13.0 Å². The fourth-order valence-corrected chi connectivity index (χ4v) is 3.39. The number of carboxylic acids is 1. The number of hydrogen-bond acceptors (Lipinski definition) is 4. The molecule has 3 heterocycles. The fourth-order valence-electron chi connectivity index (χ4n) is 3.39. The summed E-state index contributed by atoms with van der Waals surface area (Å²) in [5.74, 6) is 1.42. The van der Waals surface area contributed by atoms with Gasteiger partial charge in [0.1, 0.15) is 11.6 Å². The van der Waals surface area contributed by atoms with Gasteiger partial charge in [-0.25, -0.2) is 0 Å². The maximum Gasteiger partial charge on any atom is 0.310 e. The van der Waals surface area contributed by atoms with Gasteiger partial charge in [-0.1, -0.05) is 6.92 Å². The van der Waals surface area contributed by atoms with Crippen LogP contribution >= 0.6 is 0 Å². The second-order valence-electron chi connectivity index (χ2n) is 6.04. The summed E-state index contributed by atoms with van der Waals surface area (Å²) in [4.78, 5) is 13.7. The van der Waals surface area contributed by atoms with Crippen LogP contribution in [0.3, 0.4) is 0 Å². The van der Waals surface area contributed by atoms with Crippen molar-refractivity contribution < 1.29 is 9.90 Å². The van der Waals surface area contributed by atoms with Gasteiger partial charge >= 0.3 is 5.97 Å². The molecule has 1 fully saturated rings. The minimum absolute atomic E-state index is 0.565. The first-order chi connectivity index (χ1) is 9.64. The van der Waals surface area contributed by atoms with Crippen LogP contribution in [-0.4, -0.2) is 43.8 Å². The summed E-state index contributed by atoms with van der Waals surface area (Å²) in [5, 5.41) is 18.0. The summed E-state index contributed by atoms with van der Waals surface area (Å²) < 4.78 is 2.22. The van der Waals surface area contributed by atoms with E-state index in [4.69, 9.17) is 0 Å². The molecule has 110 valence electrons. The van der Waals surface area contributed by atoms with Gasteiger partial charge in [-0.2, -0.15) is 0 Å². The van der Waals surface area contributed by atoms with Gasteiger partial charge in [0.15, 0.2) is 0 Å². The van der Waals surface area contributed by atoms with Crippen molar-refractivity contribution >= 4 is 5.97 Å². The van der Waals surface area contributed by atoms with Gasteiger partial charge in [0.25, 0.3) is 0 Å². The smallest absolute Gasteiger partial charge is 0.310 e. The number of carboxylic acid groups (broad SMARTS) is 1. The molecular formula is C14H22N4O2. The highest BCUT2D eigenvalue weighted by atomic mass is 16.4. The minimum Gasteiger partial charge on any atom is -0.481 e. The maximum absolute atomic E-state index is 11.5. The molecule has 1 saturated heterocycles. The van der Waals surface area contributed by atoms with E-state index < -0.39 is 11.4 Å². The van der Waals surface area contributed by atoms with Crippen LogP contribution in [0.2, 0.25) is 0 Å². The summed E-state index contributed by atoms with van der Waals surface area (Å²) in [6, 6.07) is 0. The Balaban J connectivity index is 1.71. The zero-order valence-corrected chi connectivity index (χ0v) is 12.0. The number of fused-ring (bicyclic) bond motifs is 1. The molecule has 6 heteroatoms. The van der Waals surface area contributed by atoms with Crippen LogP contribution in [-0.2, 0) is 24.3 Å². The number of carbonyl (C=O) groups is 1. The van der Waals surface area contributed by atoms with Gasteiger partial charge in [0.05, 0.1) is 12.0 Å². The standard InChI is InChI=1S/C14H22N4O2/c1-2-14(13(19)20)6-8-17(10-14)9-12-16-15-11-5-3-4-7-18(11)12/h2-10H2,1H3,(H,19,20). The summed E-state index contributed by atoms with van der Waals surface area (Å²) in [7, 11) is 0. The average molecular weight is 278 g/mol. The number of nitrogens with zero attached hydrogens (tertiary/aromatic N) is 4. The third-order valence-electron chi connectivity index (χ3n) is 4.86. The lowest BCUT2D eigenvalue weighted by atomic mass is 9.84. The van der Waals surface area contributed by atoms with E-state index in [1.54, 1.807) is 0 Å². The van der Waals surface area contributed by atoms with Crippen molar-refractivity contribution in [2.24, 2.45) is 5.41 Å². The molecule has 0 saturated carbocycles. The summed E-state index contributed by atoms with van der Waals surface area (Å²) in [6.45, 7) is 5.16. The monoisotopic (exact) mass is 278 g/mol. The molecule has 3 rings (SSSR count). The third-order valence-corrected chi connectivity index (χ3v) is 4.86. The SMILES string of the molecule is CCC1(C(=O)O)CCN(Cc2nnc3n2CCCC3)C1. The van der Waals surface area contributed by atoms with Crippen molar-refractivity contribution in [3.05, 3.63) is 11.6 Å². The van der Waals surface area contributed by atoms with Crippen molar-refractivity contribution in [3.63, 3.8) is 0 Å². The van der Waals surface area contributed by atoms with Crippen LogP contribution in [0.4, 0.5) is 0 Å². The summed E-state index contributed by atoms with van der Waals surface area (Å²) in [6.07, 6.45) is 4.82. The predicted octanol–water partition coefficient (Wildman–Crippen LogP) is 1.30. The molecule has 0 aromatic carbocycles. The van der Waals surface area contributed by atoms with Gasteiger partial charge in [-0.3, -0.25) is 9.69 Å². The number of rotatable bonds is 4. The molecule has 1 atom stereocenters. The molecule has 1 aromatic rings. The number of aryl methyl sites for hydroxylation is 1. The number of aromatic nitrogens is 3. The Morgan fingerprint density at radius 2 is 2.20 bits per heavy atom. The summed E-state index contributed by atoms with van der Waals surface area (Å²) >= 11 is 0. The van der Waals surface area contributed by atoms with Crippen LogP contribution in [0.25, 0.3) is 0 Å². The van der Waals surface area contributed by atoms with Crippen molar-refractivity contribution in [2.45, 2.75) is 52.1 Å². The van der Waals surface area contributed by atoms with Crippen LogP contribution in [0.5, 0.6) is 0 Å². The quantitative estimate of drug-likeness (QED) is 0.899. The highest BCUT2D eigenvalue weighted by Gasteiger charge is 2.43. The Labute approximate surface area is 118 Å². The Bertz CT molecular complexity index is 513. The second kappa shape index (κ2) is 5.16. The summed E-state index contributed by atoms with van der Waals surface area (Å²) in [5.41, 5.74) is -0.565. The Kier molecular flexibility index (Phi) is 3.50. The molecule has 1 aromatic heterocycles. The van der Waals surface area contributed by atoms with Gasteiger partial charge < -0.3 is 9.67 Å². The lowest BCUT2D eigenvalue weighted by Gasteiger charge is -2.23. The molecule has 1 unspecified atom stereocenters. The topological polar surface area (TPSA) is 71.2 Å². The van der Waals surface area contributed by atoms with E-state index in [2.05, 4.69) is 19.7 Å². The average Bonchev–Trinajstić information content (AvgIpc) is 3.05. The lowest BCUT2D eigenvalue weighted by molar-refractivity contribution is -0.148. The predicted molar refractivity (Wildman–Crippen MR) is 73.2 cm³/mol. The molecule has 6 nitrogen and oxygen atoms in total. The van der Waals surface area contributed by atoms with Gasteiger partial charge in [-0.05, 0) is 32.2 Å². The minimum atomic E-state index is -0.661. The van der Waals surface area contributed by atoms with Crippen molar-refractivity contribution in [1.29, 1.82) is 0 Å². The Hall–Kier alpha value is -1.43. The largest absolute Gasteiger partial charge is 0.481 e. The van der Waals surface area contributed by atoms with E-state index in [1.165, 1.54) is 12.8 Å². The molecule has 0 spiro atoms. The molecule has 0 amide bonds. The van der Waals surface area contributed by atoms with Crippen LogP contribution in [0.1, 0.15) is 44.3 Å². The Morgan fingerprint density at radius 1 is 1.35 bits per heavy atom. The molecule has 2 aliphatic heterocycles. The van der Waals surface area contributed by atoms with Gasteiger partial charge in [0.2, 0.25) is 0 Å². The molecule has 0 aliphatic carbocycles. The van der Waals surface area contributed by atoms with Crippen molar-refractivity contribution in [1.82, 2.24) is 19.7 Å². The van der Waals surface area contributed by atoms with Crippen molar-refractivity contribution in [2.75, 3.05) is 13.1 Å². The highest BCUT2D eigenvalue weighted by molar-refractivity contribution is 5.75. The molecule has 1 N–H and O–H groups in total. The van der Waals surface area contributed by atoms with E-state index >= 15 is 0 Å². The van der Waals surface area contributed by atoms with Crippen molar-refractivity contribution in [3.8, 4) is 0 Å². The first-order valence-electron chi connectivity index (χ1n) is 7.51. The Morgan fingerprint density at radius 3 is 2.90 bits per heavy atom. The van der Waals surface area contributed by atoms with Gasteiger partial charge in [0, 0.05) is 19.5 Å². The first kappa shape index (κ1) is 13.5. The molecule has 0 bridgehead atoms. The lowest BCUT2D eigenvalue weighted by Crippen LogP contribution is -2.34. The van der Waals surface area contributed by atoms with Gasteiger partial charge in [-0.15, -0.1) is 10.2 Å². The first-order valence-corrected chi connectivity index (χ1v) is 7.51. The van der Waals surface area contributed by atoms with Crippen LogP contribution in [0.15, 0.2) is 0 Å². The number of aliphatic carboxylic acids is 1. The van der Waals surface area contributed by atoms with Crippen LogP contribution in [0, 0.1) is 5.41 Å². The normalized spacial score (nSPS) is 26.6. The van der Waals surface area contributed by atoms with E-state index in [1.807, 2.05) is 6.92 Å². The third kappa shape index (κ3) is 2.22. The highest BCUT2D eigenvalue weighted by Crippen LogP contribution is 2.34. The number of hydrogen-bond donors (Lipinski definition) is 1. The van der Waals surface area contributed by atoms with E-state index in [-0.39, 0.29) is 0 Å². The van der Waals surface area contributed by atoms with E-state index in [9.17, 15) is 9.90 Å².